The van der Waals surface area contributed by atoms with E-state index in [1.807, 2.05) is 0 Å². The first-order valence-corrected chi connectivity index (χ1v) is 4.30. The first-order valence-electron chi connectivity index (χ1n) is 3.27. The molecular weight excluding hydrogens is 200 g/mol. The van der Waals surface area contributed by atoms with Crippen molar-refractivity contribution in [2.45, 2.75) is 6.10 Å². The molecule has 0 aromatic carbocycles. The summed E-state index contributed by atoms with van der Waals surface area (Å²) in [5, 5.41) is 8.96. The van der Waals surface area contributed by atoms with Gasteiger partial charge in [0.1, 0.15) is 12.7 Å². The molecule has 6 nitrogen and oxygen atoms in total. The highest BCUT2D eigenvalue weighted by molar-refractivity contribution is 7.74. The first kappa shape index (κ1) is 12.2. The SMILES string of the molecule is C=CC(=O)OCC(O)COS(=O)O. The third-order valence-electron chi connectivity index (χ3n) is 0.946. The van der Waals surface area contributed by atoms with Gasteiger partial charge >= 0.3 is 17.3 Å². The van der Waals surface area contributed by atoms with Crippen LogP contribution in [0.25, 0.3) is 0 Å². The Hall–Kier alpha value is -0.760. The van der Waals surface area contributed by atoms with Crippen molar-refractivity contribution in [1.29, 1.82) is 0 Å². The smallest absolute Gasteiger partial charge is 0.330 e. The van der Waals surface area contributed by atoms with Gasteiger partial charge in [-0.25, -0.2) is 4.79 Å². The number of hydrogen-bond acceptors (Lipinski definition) is 5. The number of aliphatic hydroxyl groups is 1. The van der Waals surface area contributed by atoms with Crippen LogP contribution >= 0.6 is 0 Å². The van der Waals surface area contributed by atoms with E-state index in [1.165, 1.54) is 0 Å². The van der Waals surface area contributed by atoms with Gasteiger partial charge in [-0.2, -0.15) is 4.21 Å². The lowest BCUT2D eigenvalue weighted by Crippen LogP contribution is -2.23. The predicted molar refractivity (Wildman–Crippen MR) is 43.9 cm³/mol. The summed E-state index contributed by atoms with van der Waals surface area (Å²) in [6, 6.07) is 0. The predicted octanol–water partition coefficient (Wildman–Crippen LogP) is -0.770. The molecule has 0 aromatic heterocycles. The van der Waals surface area contributed by atoms with E-state index in [1.54, 1.807) is 0 Å². The van der Waals surface area contributed by atoms with Crippen LogP contribution in [0.5, 0.6) is 0 Å². The van der Waals surface area contributed by atoms with Crippen molar-refractivity contribution in [2.24, 2.45) is 0 Å². The Morgan fingerprint density at radius 3 is 2.69 bits per heavy atom. The number of carbonyl (C=O) groups is 1. The van der Waals surface area contributed by atoms with Gasteiger partial charge in [-0.3, -0.25) is 8.74 Å². The quantitative estimate of drug-likeness (QED) is 0.340. The number of esters is 1. The molecule has 0 aliphatic carbocycles. The van der Waals surface area contributed by atoms with Gasteiger partial charge in [-0.1, -0.05) is 6.58 Å². The maximum absolute atomic E-state index is 10.5. The summed E-state index contributed by atoms with van der Waals surface area (Å²) in [5.74, 6) is -0.677. The highest BCUT2D eigenvalue weighted by Crippen LogP contribution is 1.90. The third-order valence-corrected chi connectivity index (χ3v) is 1.28. The lowest BCUT2D eigenvalue weighted by atomic mass is 10.4. The van der Waals surface area contributed by atoms with Gasteiger partial charge in [-0.05, 0) is 0 Å². The molecule has 2 unspecified atom stereocenters. The Labute approximate surface area is 77.6 Å². The van der Waals surface area contributed by atoms with Crippen LogP contribution in [0.15, 0.2) is 12.7 Å². The lowest BCUT2D eigenvalue weighted by molar-refractivity contribution is -0.141. The number of rotatable bonds is 6. The molecule has 13 heavy (non-hydrogen) atoms. The van der Waals surface area contributed by atoms with Crippen LogP contribution in [-0.2, 0) is 25.1 Å². The van der Waals surface area contributed by atoms with Crippen LogP contribution in [0.4, 0.5) is 0 Å². The van der Waals surface area contributed by atoms with Gasteiger partial charge in [0, 0.05) is 6.08 Å². The number of hydrogen-bond donors (Lipinski definition) is 2. The normalized spacial score (nSPS) is 14.6. The van der Waals surface area contributed by atoms with E-state index in [4.69, 9.17) is 9.66 Å². The Kier molecular flexibility index (Phi) is 6.33. The van der Waals surface area contributed by atoms with Crippen molar-refractivity contribution < 1.29 is 27.6 Å². The van der Waals surface area contributed by atoms with Gasteiger partial charge in [-0.15, -0.1) is 0 Å². The Bertz CT molecular complexity index is 203. The minimum Gasteiger partial charge on any atom is -0.460 e. The van der Waals surface area contributed by atoms with Crippen LogP contribution in [0.1, 0.15) is 0 Å². The van der Waals surface area contributed by atoms with Crippen molar-refractivity contribution in [3.05, 3.63) is 12.7 Å². The molecule has 0 spiro atoms. The van der Waals surface area contributed by atoms with Crippen LogP contribution in [0.2, 0.25) is 0 Å². The third kappa shape index (κ3) is 7.60. The van der Waals surface area contributed by atoms with E-state index in [0.29, 0.717) is 0 Å². The summed E-state index contributed by atoms with van der Waals surface area (Å²) in [7, 11) is 0. The first-order chi connectivity index (χ1) is 6.06. The van der Waals surface area contributed by atoms with E-state index in [-0.39, 0.29) is 13.2 Å². The van der Waals surface area contributed by atoms with E-state index in [9.17, 15) is 9.00 Å². The second-order valence-corrected chi connectivity index (χ2v) is 2.66. The Balaban J connectivity index is 3.50. The second-order valence-electron chi connectivity index (χ2n) is 1.99. The lowest BCUT2D eigenvalue weighted by Gasteiger charge is -2.08. The molecule has 0 aliphatic heterocycles. The van der Waals surface area contributed by atoms with Gasteiger partial charge in [0.05, 0.1) is 6.61 Å². The molecule has 0 saturated carbocycles. The monoisotopic (exact) mass is 210 g/mol. The molecule has 0 aromatic rings. The number of carbonyl (C=O) groups excluding carboxylic acids is 1. The fraction of sp³-hybridized carbons (Fsp3) is 0.500. The fourth-order valence-corrected chi connectivity index (χ4v) is 0.696. The van der Waals surface area contributed by atoms with Crippen LogP contribution in [-0.4, -0.2) is 39.2 Å². The minimum absolute atomic E-state index is 0.304. The summed E-state index contributed by atoms with van der Waals surface area (Å²) >= 11 is -2.42. The summed E-state index contributed by atoms with van der Waals surface area (Å²) in [6.07, 6.45) is -0.183. The molecule has 7 heteroatoms. The zero-order chi connectivity index (χ0) is 10.3. The summed E-state index contributed by atoms with van der Waals surface area (Å²) in [6.45, 7) is 2.45. The zero-order valence-corrected chi connectivity index (χ0v) is 7.53. The molecule has 76 valence electrons. The average Bonchev–Trinajstić information content (AvgIpc) is 2.10. The molecule has 0 saturated heterocycles. The molecule has 0 amide bonds. The molecule has 0 aliphatic rings. The van der Waals surface area contributed by atoms with Gasteiger partial charge in [0.15, 0.2) is 0 Å². The minimum atomic E-state index is -2.42. The van der Waals surface area contributed by atoms with E-state index in [0.717, 1.165) is 6.08 Å². The van der Waals surface area contributed by atoms with Crippen molar-refractivity contribution in [3.63, 3.8) is 0 Å². The fourth-order valence-electron chi connectivity index (χ4n) is 0.422. The van der Waals surface area contributed by atoms with Gasteiger partial charge in [0.2, 0.25) is 0 Å². The summed E-state index contributed by atoms with van der Waals surface area (Å²) < 4.78 is 26.6. The van der Waals surface area contributed by atoms with Crippen molar-refractivity contribution in [1.82, 2.24) is 0 Å². The van der Waals surface area contributed by atoms with E-state index in [2.05, 4.69) is 15.5 Å². The standard InChI is InChI=1S/C6H10O6S/c1-2-6(8)11-3-5(7)4-12-13(9)10/h2,5,7H,1,3-4H2,(H,9,10). The molecule has 0 heterocycles. The maximum Gasteiger partial charge on any atom is 0.330 e. The molecular formula is C6H10O6S. The molecule has 0 rings (SSSR count). The molecule has 0 radical (unpaired) electrons. The summed E-state index contributed by atoms with van der Waals surface area (Å²) in [5.41, 5.74) is 0. The van der Waals surface area contributed by atoms with Gasteiger partial charge < -0.3 is 9.84 Å². The average molecular weight is 210 g/mol. The molecule has 0 fully saturated rings. The van der Waals surface area contributed by atoms with Crippen LogP contribution in [0.3, 0.4) is 0 Å². The molecule has 0 bridgehead atoms. The topological polar surface area (TPSA) is 93.1 Å². The van der Waals surface area contributed by atoms with Crippen LogP contribution < -0.4 is 0 Å². The van der Waals surface area contributed by atoms with Crippen molar-refractivity contribution in [3.8, 4) is 0 Å². The second kappa shape index (κ2) is 6.72. The molecule has 2 atom stereocenters. The van der Waals surface area contributed by atoms with Crippen molar-refractivity contribution in [2.75, 3.05) is 13.2 Å². The van der Waals surface area contributed by atoms with Crippen molar-refractivity contribution >= 4 is 17.3 Å². The molecule has 2 N–H and O–H groups in total. The largest absolute Gasteiger partial charge is 0.460 e. The number of ether oxygens (including phenoxy) is 1. The summed E-state index contributed by atoms with van der Waals surface area (Å²) in [4.78, 5) is 10.5. The van der Waals surface area contributed by atoms with Gasteiger partial charge in [0.25, 0.3) is 0 Å². The maximum atomic E-state index is 10.5. The highest BCUT2D eigenvalue weighted by atomic mass is 32.2. The Morgan fingerprint density at radius 1 is 1.62 bits per heavy atom. The number of aliphatic hydroxyl groups excluding tert-OH is 1. The van der Waals surface area contributed by atoms with E-state index >= 15 is 0 Å². The Morgan fingerprint density at radius 2 is 2.23 bits per heavy atom. The zero-order valence-electron chi connectivity index (χ0n) is 6.71. The van der Waals surface area contributed by atoms with Crippen LogP contribution in [0, 0.1) is 0 Å². The highest BCUT2D eigenvalue weighted by Gasteiger charge is 2.08. The van der Waals surface area contributed by atoms with E-state index < -0.39 is 23.4 Å².